The van der Waals surface area contributed by atoms with Crippen molar-refractivity contribution >= 4 is 21.7 Å². The van der Waals surface area contributed by atoms with E-state index in [1.165, 1.54) is 0 Å². The zero-order chi connectivity index (χ0) is 14.2. The van der Waals surface area contributed by atoms with E-state index < -0.39 is 0 Å². The zero-order valence-corrected chi connectivity index (χ0v) is 12.3. The molecule has 22 heavy (non-hydrogen) atoms. The smallest absolute Gasteiger partial charge is 0.868 e. The molecular weight excluding hydrogens is 265 g/mol. The Labute approximate surface area is 140 Å². The number of hydrogen-bond acceptors (Lipinski definition) is 1. The van der Waals surface area contributed by atoms with Crippen molar-refractivity contribution in [3.63, 3.8) is 0 Å². The van der Waals surface area contributed by atoms with Crippen molar-refractivity contribution in [1.82, 2.24) is 0 Å². The van der Waals surface area contributed by atoms with Gasteiger partial charge in [-0.25, -0.2) is 4.98 Å². The summed E-state index contributed by atoms with van der Waals surface area (Å²) >= 11 is 0. The van der Waals surface area contributed by atoms with Crippen LogP contribution in [0.25, 0.3) is 32.8 Å². The van der Waals surface area contributed by atoms with Crippen molar-refractivity contribution in [3.05, 3.63) is 72.9 Å². The average Bonchev–Trinajstić information content (AvgIpc) is 2.55. The maximum atomic E-state index is 12.7. The van der Waals surface area contributed by atoms with Gasteiger partial charge in [0, 0.05) is 11.5 Å². The molecule has 3 aromatic carbocycles. The Morgan fingerprint density at radius 3 is 2.36 bits per heavy atom. The van der Waals surface area contributed by atoms with Crippen molar-refractivity contribution < 1.29 is 29.0 Å². The monoisotopic (exact) mass is 278 g/mol. The number of aromatic nitrogens is 1. The zero-order valence-electron chi connectivity index (χ0n) is 12.3. The molecule has 1 aromatic heterocycles. The number of H-pyrrole nitrogens is 1. The molecule has 0 saturated carbocycles. The first kappa shape index (κ1) is 14.7. The largest absolute Gasteiger partial charge is 1.00 e. The number of rotatable bonds is 1. The van der Waals surface area contributed by atoms with Gasteiger partial charge in [0.05, 0.1) is 0 Å². The van der Waals surface area contributed by atoms with Gasteiger partial charge in [0.2, 0.25) is 5.52 Å². The first-order valence-corrected chi connectivity index (χ1v) is 6.93. The molecule has 0 radical (unpaired) electrons. The Bertz CT molecular complexity index is 960. The van der Waals surface area contributed by atoms with Gasteiger partial charge in [-0.3, -0.25) is 0 Å². The van der Waals surface area contributed by atoms with Gasteiger partial charge in [-0.05, 0) is 39.8 Å². The number of benzene rings is 3. The van der Waals surface area contributed by atoms with Crippen LogP contribution >= 0.6 is 0 Å². The van der Waals surface area contributed by atoms with Gasteiger partial charge in [0.15, 0.2) is 6.20 Å². The Kier molecular flexibility index (Phi) is 3.89. The molecule has 2 nitrogen and oxygen atoms in total. The molecule has 0 aliphatic carbocycles. The van der Waals surface area contributed by atoms with Crippen molar-refractivity contribution in [2.45, 2.75) is 0 Å². The molecule has 100 valence electrons. The molecule has 0 spiro atoms. The van der Waals surface area contributed by atoms with Gasteiger partial charge < -0.3 is 5.11 Å². The summed E-state index contributed by atoms with van der Waals surface area (Å²) in [5.74, 6) is 0.0458. The normalized spacial score (nSPS) is 10.5. The van der Waals surface area contributed by atoms with Gasteiger partial charge >= 0.3 is 18.9 Å². The van der Waals surface area contributed by atoms with Crippen LogP contribution in [0.1, 0.15) is 0 Å². The van der Waals surface area contributed by atoms with Crippen LogP contribution in [-0.2, 0) is 0 Å². The molecule has 0 atom stereocenters. The summed E-state index contributed by atoms with van der Waals surface area (Å²) in [6.45, 7) is 0. The van der Waals surface area contributed by atoms with E-state index in [-0.39, 0.29) is 24.6 Å². The molecule has 1 heterocycles. The van der Waals surface area contributed by atoms with E-state index in [4.69, 9.17) is 0 Å². The van der Waals surface area contributed by atoms with Crippen LogP contribution in [0, 0.1) is 0 Å². The second-order valence-corrected chi connectivity index (χ2v) is 5.10. The van der Waals surface area contributed by atoms with Gasteiger partial charge in [-0.15, -0.1) is 0 Å². The molecule has 0 fully saturated rings. The summed E-state index contributed by atoms with van der Waals surface area (Å²) in [6.07, 6.45) is 1.79. The molecule has 0 amide bonds. The van der Waals surface area contributed by atoms with Gasteiger partial charge in [0.1, 0.15) is 0 Å². The van der Waals surface area contributed by atoms with Gasteiger partial charge in [-0.2, -0.15) is 0 Å². The van der Waals surface area contributed by atoms with Crippen molar-refractivity contribution in [3.8, 4) is 16.9 Å². The Hall–Kier alpha value is -2.27. The first-order chi connectivity index (χ1) is 10.3. The fraction of sp³-hybridized carbons (Fsp3) is 0. The standard InChI is InChI=1S/C19H13NO.Li/c21-19-17(11-10-14-7-4-12-20-18(14)19)16-9-3-6-13-5-1-2-8-15(13)16;/h1-12,21H;/q;+1. The van der Waals surface area contributed by atoms with E-state index in [1.54, 1.807) is 6.20 Å². The van der Waals surface area contributed by atoms with Crippen molar-refractivity contribution in [2.75, 3.05) is 0 Å². The summed E-state index contributed by atoms with van der Waals surface area (Å²) in [4.78, 5) is 3.06. The molecule has 4 rings (SSSR count). The summed E-state index contributed by atoms with van der Waals surface area (Å²) < 4.78 is 0. The first-order valence-electron chi connectivity index (χ1n) is 6.93. The van der Waals surface area contributed by atoms with Crippen molar-refractivity contribution in [1.29, 1.82) is 0 Å². The van der Waals surface area contributed by atoms with E-state index >= 15 is 0 Å². The van der Waals surface area contributed by atoms with Crippen LogP contribution in [0.3, 0.4) is 0 Å². The summed E-state index contributed by atoms with van der Waals surface area (Å²) in [5, 5.41) is 15.9. The van der Waals surface area contributed by atoms with Crippen LogP contribution < -0.4 is 29.0 Å². The second-order valence-electron chi connectivity index (χ2n) is 5.10. The maximum Gasteiger partial charge on any atom is 1.00 e. The molecule has 4 aromatic rings. The minimum atomic E-state index is 0. The topological polar surface area (TPSA) is 37.2 Å². The Morgan fingerprint density at radius 2 is 1.45 bits per heavy atom. The number of hydrogen-bond donors (Lipinski definition) is 0. The molecular formula is C19H13LiNO+. The SMILES string of the molecule is [Li+].[O-]c1c(-c2cccc3ccccc23)ccc2ccc[nH+]c12. The average molecular weight is 278 g/mol. The maximum absolute atomic E-state index is 12.7. The third-order valence-corrected chi connectivity index (χ3v) is 3.87. The van der Waals surface area contributed by atoms with E-state index in [0.717, 1.165) is 27.3 Å². The number of pyridine rings is 1. The second kappa shape index (κ2) is 5.85. The van der Waals surface area contributed by atoms with Crippen LogP contribution in [-0.4, -0.2) is 0 Å². The number of nitrogens with one attached hydrogen (secondary N) is 1. The predicted octanol–water partition coefficient (Wildman–Crippen LogP) is 0.552. The van der Waals surface area contributed by atoms with Crippen LogP contribution in [0.15, 0.2) is 72.9 Å². The molecule has 0 bridgehead atoms. The third-order valence-electron chi connectivity index (χ3n) is 3.87. The van der Waals surface area contributed by atoms with Crippen LogP contribution in [0.5, 0.6) is 5.75 Å². The Morgan fingerprint density at radius 1 is 0.682 bits per heavy atom. The predicted molar refractivity (Wildman–Crippen MR) is 82.9 cm³/mol. The fourth-order valence-corrected chi connectivity index (χ4v) is 2.84. The molecule has 0 unspecified atom stereocenters. The quantitative estimate of drug-likeness (QED) is 0.469. The molecule has 1 N–H and O–H groups in total. The molecule has 0 aliphatic heterocycles. The minimum Gasteiger partial charge on any atom is -0.868 e. The number of aromatic amines is 1. The minimum absolute atomic E-state index is 0. The summed E-state index contributed by atoms with van der Waals surface area (Å²) in [7, 11) is 0. The van der Waals surface area contributed by atoms with Crippen LogP contribution in [0.2, 0.25) is 0 Å². The van der Waals surface area contributed by atoms with E-state index in [9.17, 15) is 5.11 Å². The fourth-order valence-electron chi connectivity index (χ4n) is 2.84. The van der Waals surface area contributed by atoms with E-state index in [0.29, 0.717) is 5.52 Å². The van der Waals surface area contributed by atoms with Crippen molar-refractivity contribution in [2.24, 2.45) is 0 Å². The third kappa shape index (κ3) is 2.27. The van der Waals surface area contributed by atoms with E-state index in [1.807, 2.05) is 48.5 Å². The Balaban J connectivity index is 0.00000144. The van der Waals surface area contributed by atoms with Gasteiger partial charge in [0.25, 0.3) is 0 Å². The summed E-state index contributed by atoms with van der Waals surface area (Å²) in [6, 6.07) is 22.0. The number of fused-ring (bicyclic) bond motifs is 2. The van der Waals surface area contributed by atoms with Gasteiger partial charge in [-0.1, -0.05) is 48.5 Å². The van der Waals surface area contributed by atoms with E-state index in [2.05, 4.69) is 23.2 Å². The molecule has 0 aliphatic rings. The molecule has 3 heteroatoms. The van der Waals surface area contributed by atoms with Crippen LogP contribution in [0.4, 0.5) is 0 Å². The summed E-state index contributed by atoms with van der Waals surface area (Å²) in [5.41, 5.74) is 2.38. The molecule has 0 saturated heterocycles.